The summed E-state index contributed by atoms with van der Waals surface area (Å²) in [6, 6.07) is 16.9. The Morgan fingerprint density at radius 1 is 1.00 bits per heavy atom. The molecular weight excluding hydrogens is 394 g/mol. The van der Waals surface area contributed by atoms with Gasteiger partial charge in [-0.25, -0.2) is 4.98 Å². The summed E-state index contributed by atoms with van der Waals surface area (Å²) >= 11 is 3.46. The average Bonchev–Trinajstić information content (AvgIpc) is 2.64. The van der Waals surface area contributed by atoms with E-state index in [2.05, 4.69) is 31.8 Å². The third kappa shape index (κ3) is 3.91. The molecule has 2 aromatic carbocycles. The molecule has 0 fully saturated rings. The van der Waals surface area contributed by atoms with Crippen LogP contribution < -0.4 is 10.9 Å². The van der Waals surface area contributed by atoms with E-state index in [0.717, 1.165) is 15.4 Å². The summed E-state index contributed by atoms with van der Waals surface area (Å²) in [4.78, 5) is 29.1. The number of fused-ring (bicyclic) bond motifs is 1. The van der Waals surface area contributed by atoms with Gasteiger partial charge in [-0.15, -0.1) is 0 Å². The molecule has 0 spiro atoms. The molecule has 0 bridgehead atoms. The van der Waals surface area contributed by atoms with Crippen LogP contribution in [0, 0.1) is 5.92 Å². The highest BCUT2D eigenvalue weighted by Crippen LogP contribution is 2.26. The molecule has 5 nitrogen and oxygen atoms in total. The second-order valence-corrected chi connectivity index (χ2v) is 7.10. The molecule has 2 N–H and O–H groups in total. The smallest absolute Gasteiger partial charge is 0.270 e. The van der Waals surface area contributed by atoms with E-state index in [4.69, 9.17) is 0 Å². The molecule has 0 aliphatic heterocycles. The zero-order valence-corrected chi connectivity index (χ0v) is 16.0. The van der Waals surface area contributed by atoms with Crippen LogP contribution in [0.5, 0.6) is 0 Å². The van der Waals surface area contributed by atoms with Crippen LogP contribution >= 0.6 is 15.9 Å². The van der Waals surface area contributed by atoms with Crippen LogP contribution in [0.1, 0.15) is 24.2 Å². The van der Waals surface area contributed by atoms with Crippen molar-refractivity contribution in [2.45, 2.75) is 13.8 Å². The van der Waals surface area contributed by atoms with Crippen LogP contribution in [0.4, 0.5) is 0 Å². The molecule has 6 heteroatoms. The Hall–Kier alpha value is -2.73. The summed E-state index contributed by atoms with van der Waals surface area (Å²) in [6.07, 6.45) is 0. The van der Waals surface area contributed by atoms with Gasteiger partial charge in [0.2, 0.25) is 5.91 Å². The minimum absolute atomic E-state index is 0.221. The molecule has 2 amide bonds. The molecule has 0 saturated heterocycles. The lowest BCUT2D eigenvalue weighted by Gasteiger charge is -2.12. The van der Waals surface area contributed by atoms with Crippen molar-refractivity contribution in [1.82, 2.24) is 15.8 Å². The minimum atomic E-state index is -0.381. The maximum absolute atomic E-state index is 12.7. The molecule has 132 valence electrons. The fourth-order valence-electron chi connectivity index (χ4n) is 2.49. The van der Waals surface area contributed by atoms with E-state index in [0.29, 0.717) is 16.8 Å². The van der Waals surface area contributed by atoms with E-state index in [1.54, 1.807) is 19.9 Å². The Kier molecular flexibility index (Phi) is 5.32. The number of amides is 2. The second kappa shape index (κ2) is 7.66. The highest BCUT2D eigenvalue weighted by Gasteiger charge is 2.15. The summed E-state index contributed by atoms with van der Waals surface area (Å²) in [7, 11) is 0. The van der Waals surface area contributed by atoms with Gasteiger partial charge < -0.3 is 0 Å². The number of hydrazine groups is 1. The highest BCUT2D eigenvalue weighted by molar-refractivity contribution is 9.10. The quantitative estimate of drug-likeness (QED) is 0.637. The Morgan fingerprint density at radius 2 is 1.77 bits per heavy atom. The topological polar surface area (TPSA) is 71.1 Å². The summed E-state index contributed by atoms with van der Waals surface area (Å²) in [5, 5.41) is 0.725. The van der Waals surface area contributed by atoms with Crippen molar-refractivity contribution in [3.63, 3.8) is 0 Å². The van der Waals surface area contributed by atoms with Gasteiger partial charge in [0, 0.05) is 21.3 Å². The first-order chi connectivity index (χ1) is 12.5. The number of hydrogen-bond donors (Lipinski definition) is 2. The first-order valence-corrected chi connectivity index (χ1v) is 9.01. The molecule has 0 atom stereocenters. The molecule has 0 saturated carbocycles. The van der Waals surface area contributed by atoms with Gasteiger partial charge in [0.1, 0.15) is 0 Å². The molecule has 3 rings (SSSR count). The normalized spacial score (nSPS) is 10.8. The van der Waals surface area contributed by atoms with Gasteiger partial charge in [0.05, 0.1) is 16.8 Å². The largest absolute Gasteiger partial charge is 0.273 e. The molecule has 1 aromatic heterocycles. The number of rotatable bonds is 3. The number of carbonyl (C=O) groups excluding carboxylic acids is 2. The lowest BCUT2D eigenvalue weighted by Crippen LogP contribution is -2.43. The Labute approximate surface area is 159 Å². The fourth-order valence-corrected chi connectivity index (χ4v) is 2.89. The van der Waals surface area contributed by atoms with Crippen molar-refractivity contribution >= 4 is 38.6 Å². The lowest BCUT2D eigenvalue weighted by atomic mass is 10.0. The van der Waals surface area contributed by atoms with Crippen LogP contribution in [-0.2, 0) is 4.79 Å². The monoisotopic (exact) mass is 411 g/mol. The van der Waals surface area contributed by atoms with Crippen molar-refractivity contribution in [1.29, 1.82) is 0 Å². The average molecular weight is 412 g/mol. The van der Waals surface area contributed by atoms with Crippen LogP contribution in [0.25, 0.3) is 22.2 Å². The van der Waals surface area contributed by atoms with Gasteiger partial charge in [-0.1, -0.05) is 60.1 Å². The molecule has 0 aliphatic carbocycles. The second-order valence-electron chi connectivity index (χ2n) is 6.18. The van der Waals surface area contributed by atoms with Gasteiger partial charge in [-0.05, 0) is 24.3 Å². The zero-order chi connectivity index (χ0) is 18.7. The van der Waals surface area contributed by atoms with Crippen LogP contribution in [0.3, 0.4) is 0 Å². The van der Waals surface area contributed by atoms with E-state index in [-0.39, 0.29) is 17.7 Å². The maximum Gasteiger partial charge on any atom is 0.270 e. The fraction of sp³-hybridized carbons (Fsp3) is 0.150. The van der Waals surface area contributed by atoms with Crippen molar-refractivity contribution in [3.8, 4) is 11.3 Å². The van der Waals surface area contributed by atoms with E-state index in [1.807, 2.05) is 48.5 Å². The Morgan fingerprint density at radius 3 is 2.50 bits per heavy atom. The van der Waals surface area contributed by atoms with E-state index < -0.39 is 0 Å². The molecule has 0 aliphatic rings. The first-order valence-electron chi connectivity index (χ1n) is 8.21. The van der Waals surface area contributed by atoms with Crippen molar-refractivity contribution in [2.75, 3.05) is 0 Å². The molecule has 0 unspecified atom stereocenters. The summed E-state index contributed by atoms with van der Waals surface area (Å²) in [6.45, 7) is 3.52. The standard InChI is InChI=1S/C20H18BrN3O2/c1-12(2)19(25)23-24-20(26)16-11-18(13-6-5-7-14(21)10-13)22-17-9-4-3-8-15(16)17/h3-12H,1-2H3,(H,23,25)(H,24,26). The minimum Gasteiger partial charge on any atom is -0.273 e. The SMILES string of the molecule is CC(C)C(=O)NNC(=O)c1cc(-c2cccc(Br)c2)nc2ccccc12. The summed E-state index contributed by atoms with van der Waals surface area (Å²) in [5.74, 6) is -0.848. The van der Waals surface area contributed by atoms with Gasteiger partial charge >= 0.3 is 0 Å². The van der Waals surface area contributed by atoms with Crippen molar-refractivity contribution in [2.24, 2.45) is 5.92 Å². The zero-order valence-electron chi connectivity index (χ0n) is 14.4. The van der Waals surface area contributed by atoms with Gasteiger partial charge in [0.15, 0.2) is 0 Å². The maximum atomic E-state index is 12.7. The van der Waals surface area contributed by atoms with E-state index in [1.165, 1.54) is 0 Å². The number of hydrogen-bond acceptors (Lipinski definition) is 3. The number of pyridine rings is 1. The van der Waals surface area contributed by atoms with E-state index >= 15 is 0 Å². The lowest BCUT2D eigenvalue weighted by molar-refractivity contribution is -0.124. The first kappa shape index (κ1) is 18.1. The van der Waals surface area contributed by atoms with E-state index in [9.17, 15) is 9.59 Å². The molecule has 26 heavy (non-hydrogen) atoms. The molecule has 0 radical (unpaired) electrons. The number of benzene rings is 2. The number of nitrogens with zero attached hydrogens (tertiary/aromatic N) is 1. The van der Waals surface area contributed by atoms with Gasteiger partial charge in [0.25, 0.3) is 5.91 Å². The van der Waals surface area contributed by atoms with Crippen LogP contribution in [-0.4, -0.2) is 16.8 Å². The third-order valence-electron chi connectivity index (χ3n) is 3.90. The Balaban J connectivity index is 2.03. The predicted octanol–water partition coefficient (Wildman–Crippen LogP) is 4.08. The van der Waals surface area contributed by atoms with Crippen molar-refractivity contribution in [3.05, 3.63) is 64.6 Å². The van der Waals surface area contributed by atoms with Gasteiger partial charge in [-0.3, -0.25) is 20.4 Å². The number of para-hydroxylation sites is 1. The molecular formula is C20H18BrN3O2. The van der Waals surface area contributed by atoms with Crippen LogP contribution in [0.15, 0.2) is 59.1 Å². The number of carbonyl (C=O) groups is 2. The predicted molar refractivity (Wildman–Crippen MR) is 105 cm³/mol. The van der Waals surface area contributed by atoms with Gasteiger partial charge in [-0.2, -0.15) is 0 Å². The number of nitrogens with one attached hydrogen (secondary N) is 2. The number of aromatic nitrogens is 1. The molecule has 1 heterocycles. The summed E-state index contributed by atoms with van der Waals surface area (Å²) in [5.41, 5.74) is 7.68. The third-order valence-corrected chi connectivity index (χ3v) is 4.40. The summed E-state index contributed by atoms with van der Waals surface area (Å²) < 4.78 is 0.931. The Bertz CT molecular complexity index is 986. The van der Waals surface area contributed by atoms with Crippen molar-refractivity contribution < 1.29 is 9.59 Å². The highest BCUT2D eigenvalue weighted by atomic mass is 79.9. The van der Waals surface area contributed by atoms with Crippen LogP contribution in [0.2, 0.25) is 0 Å². The number of halogens is 1. The molecule has 3 aromatic rings.